The van der Waals surface area contributed by atoms with Crippen LogP contribution in [0.25, 0.3) is 0 Å². The highest BCUT2D eigenvalue weighted by Crippen LogP contribution is 2.17. The Morgan fingerprint density at radius 2 is 2.05 bits per heavy atom. The quantitative estimate of drug-likeness (QED) is 0.544. The summed E-state index contributed by atoms with van der Waals surface area (Å²) in [4.78, 5) is 12.0. The Labute approximate surface area is 132 Å². The molecule has 0 saturated carbocycles. The largest absolute Gasteiger partial charge is 0.483 e. The molecule has 0 atom stereocenters. The van der Waals surface area contributed by atoms with Gasteiger partial charge in [-0.05, 0) is 24.5 Å². The highest BCUT2D eigenvalue weighted by Gasteiger charge is 2.07. The van der Waals surface area contributed by atoms with Crippen molar-refractivity contribution >= 4 is 23.1 Å². The van der Waals surface area contributed by atoms with Gasteiger partial charge in [-0.25, -0.2) is 0 Å². The molecule has 4 nitrogen and oxygen atoms in total. The summed E-state index contributed by atoms with van der Waals surface area (Å²) in [6.45, 7) is 5.06. The van der Waals surface area contributed by atoms with Gasteiger partial charge in [0.2, 0.25) is 0 Å². The molecule has 3 N–H and O–H groups in total. The number of nitrogens with two attached hydrogens (primary N) is 1. The summed E-state index contributed by atoms with van der Waals surface area (Å²) >= 11 is 4.95. The summed E-state index contributed by atoms with van der Waals surface area (Å²) in [5, 5.41) is 2.85. The normalized spacial score (nSPS) is 10.4. The Bertz CT molecular complexity index is 475. The van der Waals surface area contributed by atoms with Crippen molar-refractivity contribution in [2.75, 3.05) is 13.2 Å². The topological polar surface area (TPSA) is 64.3 Å². The van der Waals surface area contributed by atoms with Gasteiger partial charge in [0, 0.05) is 6.54 Å². The van der Waals surface area contributed by atoms with Gasteiger partial charge in [-0.2, -0.15) is 0 Å². The van der Waals surface area contributed by atoms with E-state index in [-0.39, 0.29) is 17.5 Å². The SMILES string of the molecule is CC(C)CCCCNC(=O)COc1ccccc1C(N)=S. The van der Waals surface area contributed by atoms with Crippen LogP contribution in [0.15, 0.2) is 24.3 Å². The molecule has 0 radical (unpaired) electrons. The molecule has 1 rings (SSSR count). The van der Waals surface area contributed by atoms with E-state index < -0.39 is 0 Å². The second-order valence-corrected chi connectivity index (χ2v) is 5.83. The molecule has 0 aromatic heterocycles. The average molecular weight is 308 g/mol. The number of carbonyl (C=O) groups is 1. The lowest BCUT2D eigenvalue weighted by atomic mass is 10.1. The third-order valence-electron chi connectivity index (χ3n) is 3.04. The fourth-order valence-corrected chi connectivity index (χ4v) is 2.06. The van der Waals surface area contributed by atoms with Gasteiger partial charge >= 0.3 is 0 Å². The third kappa shape index (κ3) is 7.09. The van der Waals surface area contributed by atoms with E-state index in [1.165, 1.54) is 6.42 Å². The van der Waals surface area contributed by atoms with Crippen molar-refractivity contribution in [2.24, 2.45) is 11.7 Å². The first-order chi connectivity index (χ1) is 10.0. The van der Waals surface area contributed by atoms with Crippen LogP contribution in [0.1, 0.15) is 38.7 Å². The minimum atomic E-state index is -0.128. The molecule has 0 heterocycles. The molecule has 1 aromatic rings. The summed E-state index contributed by atoms with van der Waals surface area (Å²) < 4.78 is 5.48. The van der Waals surface area contributed by atoms with E-state index in [9.17, 15) is 4.79 Å². The predicted octanol–water partition coefficient (Wildman–Crippen LogP) is 2.64. The molecule has 0 aliphatic carbocycles. The minimum Gasteiger partial charge on any atom is -0.483 e. The van der Waals surface area contributed by atoms with Crippen LogP contribution in [0, 0.1) is 5.92 Å². The number of benzene rings is 1. The van der Waals surface area contributed by atoms with Crippen LogP contribution in [0.5, 0.6) is 5.75 Å². The number of rotatable bonds is 9. The second-order valence-electron chi connectivity index (χ2n) is 5.39. The monoisotopic (exact) mass is 308 g/mol. The van der Waals surface area contributed by atoms with Gasteiger partial charge in [0.1, 0.15) is 10.7 Å². The standard InChI is InChI=1S/C16H24N2O2S/c1-12(2)7-5-6-10-18-15(19)11-20-14-9-4-3-8-13(14)16(17)21/h3-4,8-9,12H,5-7,10-11H2,1-2H3,(H2,17,21)(H,18,19). The smallest absolute Gasteiger partial charge is 0.257 e. The maximum Gasteiger partial charge on any atom is 0.257 e. The van der Waals surface area contributed by atoms with E-state index in [1.54, 1.807) is 12.1 Å². The Morgan fingerprint density at radius 3 is 2.71 bits per heavy atom. The molecule has 0 bridgehead atoms. The van der Waals surface area contributed by atoms with Gasteiger partial charge in [0.25, 0.3) is 5.91 Å². The van der Waals surface area contributed by atoms with Crippen LogP contribution in [-0.4, -0.2) is 24.0 Å². The number of amides is 1. The molecule has 1 amide bonds. The lowest BCUT2D eigenvalue weighted by Crippen LogP contribution is -2.30. The molecule has 1 aromatic carbocycles. The van der Waals surface area contributed by atoms with Gasteiger partial charge in [-0.15, -0.1) is 0 Å². The molecule has 0 aliphatic heterocycles. The zero-order valence-electron chi connectivity index (χ0n) is 12.7. The summed E-state index contributed by atoms with van der Waals surface area (Å²) in [6, 6.07) is 7.18. The average Bonchev–Trinajstić information content (AvgIpc) is 2.44. The number of thiocarbonyl (C=S) groups is 1. The molecular formula is C16H24N2O2S. The maximum atomic E-state index is 11.7. The molecule has 5 heteroatoms. The summed E-state index contributed by atoms with van der Waals surface area (Å²) in [6.07, 6.45) is 3.31. The Morgan fingerprint density at radius 1 is 1.33 bits per heavy atom. The number of carbonyl (C=O) groups excluding carboxylic acids is 1. The summed E-state index contributed by atoms with van der Waals surface area (Å²) in [7, 11) is 0. The van der Waals surface area contributed by atoms with Gasteiger partial charge in [0.15, 0.2) is 6.61 Å². The Balaban J connectivity index is 2.29. The molecule has 0 unspecified atom stereocenters. The zero-order chi connectivity index (χ0) is 15.7. The van der Waals surface area contributed by atoms with Crippen molar-refractivity contribution in [2.45, 2.75) is 33.1 Å². The van der Waals surface area contributed by atoms with Crippen LogP contribution in [-0.2, 0) is 4.79 Å². The number of nitrogens with one attached hydrogen (secondary N) is 1. The third-order valence-corrected chi connectivity index (χ3v) is 3.26. The van der Waals surface area contributed by atoms with Crippen molar-refractivity contribution in [3.05, 3.63) is 29.8 Å². The highest BCUT2D eigenvalue weighted by molar-refractivity contribution is 7.80. The molecule has 0 fully saturated rings. The number of hydrogen-bond acceptors (Lipinski definition) is 3. The van der Waals surface area contributed by atoms with Crippen molar-refractivity contribution in [1.29, 1.82) is 0 Å². The van der Waals surface area contributed by atoms with Crippen molar-refractivity contribution < 1.29 is 9.53 Å². The van der Waals surface area contributed by atoms with E-state index in [1.807, 2.05) is 12.1 Å². The fourth-order valence-electron chi connectivity index (χ4n) is 1.90. The molecule has 116 valence electrons. The number of para-hydroxylation sites is 1. The van der Waals surface area contributed by atoms with E-state index in [4.69, 9.17) is 22.7 Å². The maximum absolute atomic E-state index is 11.7. The van der Waals surface area contributed by atoms with Crippen LogP contribution >= 0.6 is 12.2 Å². The van der Waals surface area contributed by atoms with Crippen LogP contribution in [0.4, 0.5) is 0 Å². The van der Waals surface area contributed by atoms with Gasteiger partial charge in [-0.1, -0.05) is 51.0 Å². The summed E-state index contributed by atoms with van der Waals surface area (Å²) in [5.41, 5.74) is 6.26. The molecule has 0 aliphatic rings. The van der Waals surface area contributed by atoms with E-state index in [0.29, 0.717) is 23.8 Å². The van der Waals surface area contributed by atoms with Gasteiger partial charge in [0.05, 0.1) is 5.56 Å². The van der Waals surface area contributed by atoms with Gasteiger partial charge in [-0.3, -0.25) is 4.79 Å². The zero-order valence-corrected chi connectivity index (χ0v) is 13.5. The first kappa shape index (κ1) is 17.4. The lowest BCUT2D eigenvalue weighted by Gasteiger charge is -2.11. The first-order valence-corrected chi connectivity index (χ1v) is 7.70. The molecule has 0 saturated heterocycles. The molecule has 21 heavy (non-hydrogen) atoms. The van der Waals surface area contributed by atoms with Crippen LogP contribution in [0.3, 0.4) is 0 Å². The van der Waals surface area contributed by atoms with Crippen LogP contribution in [0.2, 0.25) is 0 Å². The number of hydrogen-bond donors (Lipinski definition) is 2. The van der Waals surface area contributed by atoms with Gasteiger partial charge < -0.3 is 15.8 Å². The molecule has 0 spiro atoms. The van der Waals surface area contributed by atoms with Crippen molar-refractivity contribution in [3.8, 4) is 5.75 Å². The number of ether oxygens (including phenoxy) is 1. The first-order valence-electron chi connectivity index (χ1n) is 7.29. The molecular weight excluding hydrogens is 284 g/mol. The Kier molecular flexibility index (Phi) is 7.75. The fraction of sp³-hybridized carbons (Fsp3) is 0.500. The highest BCUT2D eigenvalue weighted by atomic mass is 32.1. The minimum absolute atomic E-state index is 0.0240. The van der Waals surface area contributed by atoms with E-state index in [0.717, 1.165) is 12.8 Å². The van der Waals surface area contributed by atoms with Crippen LogP contribution < -0.4 is 15.8 Å². The second kappa shape index (κ2) is 9.34. The van der Waals surface area contributed by atoms with Crippen molar-refractivity contribution in [1.82, 2.24) is 5.32 Å². The number of unbranched alkanes of at least 4 members (excludes halogenated alkanes) is 1. The predicted molar refractivity (Wildman–Crippen MR) is 89.5 cm³/mol. The Hall–Kier alpha value is -1.62. The van der Waals surface area contributed by atoms with E-state index >= 15 is 0 Å². The lowest BCUT2D eigenvalue weighted by molar-refractivity contribution is -0.123. The van der Waals surface area contributed by atoms with E-state index in [2.05, 4.69) is 19.2 Å². The summed E-state index contributed by atoms with van der Waals surface area (Å²) in [5.74, 6) is 1.12. The van der Waals surface area contributed by atoms with Crippen molar-refractivity contribution in [3.63, 3.8) is 0 Å².